The minimum absolute atomic E-state index is 0.232. The summed E-state index contributed by atoms with van der Waals surface area (Å²) in [5.74, 6) is 1.59. The van der Waals surface area contributed by atoms with Crippen LogP contribution in [-0.2, 0) is 0 Å². The lowest BCUT2D eigenvalue weighted by atomic mass is 9.68. The first-order chi connectivity index (χ1) is 11.7. The van der Waals surface area contributed by atoms with Gasteiger partial charge in [0.15, 0.2) is 0 Å². The second kappa shape index (κ2) is 8.40. The number of pyridine rings is 1. The van der Waals surface area contributed by atoms with Crippen LogP contribution in [0.2, 0.25) is 0 Å². The third-order valence-electron chi connectivity index (χ3n) is 6.58. The van der Waals surface area contributed by atoms with E-state index >= 15 is 0 Å². The van der Waals surface area contributed by atoms with E-state index in [2.05, 4.69) is 11.9 Å². The van der Waals surface area contributed by atoms with E-state index in [9.17, 15) is 8.78 Å². The van der Waals surface area contributed by atoms with E-state index in [0.717, 1.165) is 30.6 Å². The SMILES string of the molecule is CCCC[C@H]1CC[C@H]([C@H]2CC[C@H](c3ccc(F)nc3F)CC2)CC1. The van der Waals surface area contributed by atoms with Gasteiger partial charge < -0.3 is 0 Å². The zero-order valence-corrected chi connectivity index (χ0v) is 14.9. The second-order valence-electron chi connectivity index (χ2n) is 8.05. The minimum Gasteiger partial charge on any atom is -0.190 e. The van der Waals surface area contributed by atoms with Gasteiger partial charge in [-0.2, -0.15) is 13.8 Å². The fourth-order valence-electron chi connectivity index (χ4n) is 5.07. The molecule has 0 amide bonds. The number of aromatic nitrogens is 1. The van der Waals surface area contributed by atoms with Gasteiger partial charge in [-0.25, -0.2) is 0 Å². The summed E-state index contributed by atoms with van der Waals surface area (Å²) < 4.78 is 26.9. The lowest BCUT2D eigenvalue weighted by molar-refractivity contribution is 0.155. The normalized spacial score (nSPS) is 31.1. The molecular formula is C21H31F2N. The molecule has 2 fully saturated rings. The predicted molar refractivity (Wildman–Crippen MR) is 93.8 cm³/mol. The second-order valence-corrected chi connectivity index (χ2v) is 8.05. The molecule has 2 aliphatic carbocycles. The van der Waals surface area contributed by atoms with E-state index in [1.54, 1.807) is 6.07 Å². The van der Waals surface area contributed by atoms with Crippen LogP contribution in [0.25, 0.3) is 0 Å². The summed E-state index contributed by atoms with van der Waals surface area (Å²) in [5.41, 5.74) is 0.623. The molecule has 134 valence electrons. The summed E-state index contributed by atoms with van der Waals surface area (Å²) >= 11 is 0. The van der Waals surface area contributed by atoms with E-state index < -0.39 is 11.9 Å². The molecule has 1 aromatic heterocycles. The number of halogens is 2. The lowest BCUT2D eigenvalue weighted by Crippen LogP contribution is -2.25. The molecule has 2 aliphatic rings. The number of nitrogens with zero attached hydrogens (tertiary/aromatic N) is 1. The predicted octanol–water partition coefficient (Wildman–Crippen LogP) is 6.63. The quantitative estimate of drug-likeness (QED) is 0.550. The molecular weight excluding hydrogens is 304 g/mol. The van der Waals surface area contributed by atoms with Gasteiger partial charge in [0.05, 0.1) is 0 Å². The van der Waals surface area contributed by atoms with Crippen LogP contribution in [0.15, 0.2) is 12.1 Å². The molecule has 0 N–H and O–H groups in total. The maximum absolute atomic E-state index is 13.9. The van der Waals surface area contributed by atoms with Crippen LogP contribution in [0.1, 0.15) is 89.0 Å². The molecule has 0 aromatic carbocycles. The third-order valence-corrected chi connectivity index (χ3v) is 6.58. The molecule has 24 heavy (non-hydrogen) atoms. The Hall–Kier alpha value is -0.990. The molecule has 1 heterocycles. The van der Waals surface area contributed by atoms with Crippen molar-refractivity contribution in [3.8, 4) is 0 Å². The van der Waals surface area contributed by atoms with Crippen molar-refractivity contribution < 1.29 is 8.78 Å². The average molecular weight is 335 g/mol. The Morgan fingerprint density at radius 3 is 2.12 bits per heavy atom. The molecule has 2 saturated carbocycles. The number of unbranched alkanes of at least 4 members (excludes halogenated alkanes) is 1. The Balaban J connectivity index is 1.47. The summed E-state index contributed by atoms with van der Waals surface area (Å²) in [5, 5.41) is 0. The number of hydrogen-bond acceptors (Lipinski definition) is 1. The minimum atomic E-state index is -0.718. The molecule has 3 heteroatoms. The Morgan fingerprint density at radius 2 is 1.54 bits per heavy atom. The summed E-state index contributed by atoms with van der Waals surface area (Å²) in [7, 11) is 0. The first-order valence-electron chi connectivity index (χ1n) is 9.99. The van der Waals surface area contributed by atoms with E-state index in [-0.39, 0.29) is 5.92 Å². The summed E-state index contributed by atoms with van der Waals surface area (Å²) in [6, 6.07) is 2.89. The summed E-state index contributed by atoms with van der Waals surface area (Å²) in [6.07, 6.45) is 14.2. The van der Waals surface area contributed by atoms with Crippen LogP contribution >= 0.6 is 0 Å². The van der Waals surface area contributed by atoms with E-state index in [1.807, 2.05) is 0 Å². The molecule has 0 spiro atoms. The maximum Gasteiger partial charge on any atom is 0.218 e. The molecule has 0 bridgehead atoms. The van der Waals surface area contributed by atoms with Gasteiger partial charge in [0.1, 0.15) is 0 Å². The van der Waals surface area contributed by atoms with Crippen molar-refractivity contribution in [3.05, 3.63) is 29.6 Å². The summed E-state index contributed by atoms with van der Waals surface area (Å²) in [6.45, 7) is 2.28. The van der Waals surface area contributed by atoms with Crippen LogP contribution in [-0.4, -0.2) is 4.98 Å². The van der Waals surface area contributed by atoms with E-state index in [1.165, 1.54) is 63.9 Å². The first kappa shape index (κ1) is 17.8. The van der Waals surface area contributed by atoms with Gasteiger partial charge in [-0.15, -0.1) is 0 Å². The average Bonchev–Trinajstić information content (AvgIpc) is 2.61. The monoisotopic (exact) mass is 335 g/mol. The van der Waals surface area contributed by atoms with Crippen molar-refractivity contribution in [3.63, 3.8) is 0 Å². The largest absolute Gasteiger partial charge is 0.218 e. The van der Waals surface area contributed by atoms with Crippen LogP contribution < -0.4 is 0 Å². The highest BCUT2D eigenvalue weighted by atomic mass is 19.1. The van der Waals surface area contributed by atoms with Gasteiger partial charge in [0.25, 0.3) is 0 Å². The van der Waals surface area contributed by atoms with Gasteiger partial charge in [0, 0.05) is 5.56 Å². The Labute approximate surface area is 145 Å². The smallest absolute Gasteiger partial charge is 0.190 e. The van der Waals surface area contributed by atoms with E-state index in [4.69, 9.17) is 0 Å². The van der Waals surface area contributed by atoms with Gasteiger partial charge in [0.2, 0.25) is 11.9 Å². The molecule has 1 nitrogen and oxygen atoms in total. The number of hydrogen-bond donors (Lipinski definition) is 0. The van der Waals surface area contributed by atoms with Crippen molar-refractivity contribution in [2.75, 3.05) is 0 Å². The molecule has 0 unspecified atom stereocenters. The Morgan fingerprint density at radius 1 is 0.917 bits per heavy atom. The molecule has 1 aromatic rings. The highest BCUT2D eigenvalue weighted by Crippen LogP contribution is 2.44. The van der Waals surface area contributed by atoms with Gasteiger partial charge >= 0.3 is 0 Å². The Kier molecular flexibility index (Phi) is 6.24. The standard InChI is InChI=1S/C21H31F2N/c1-2-3-4-15-5-7-16(8-6-15)17-9-11-18(12-10-17)19-13-14-20(22)24-21(19)23/h13-18H,2-12H2,1H3/t15-,16-,17-,18-. The molecule has 0 atom stereocenters. The highest BCUT2D eigenvalue weighted by Gasteiger charge is 2.32. The fraction of sp³-hybridized carbons (Fsp3) is 0.762. The topological polar surface area (TPSA) is 12.9 Å². The third kappa shape index (κ3) is 4.34. The molecule has 0 radical (unpaired) electrons. The van der Waals surface area contributed by atoms with Crippen molar-refractivity contribution >= 4 is 0 Å². The molecule has 0 saturated heterocycles. The fourth-order valence-corrected chi connectivity index (χ4v) is 5.07. The van der Waals surface area contributed by atoms with Gasteiger partial charge in [-0.05, 0) is 74.3 Å². The highest BCUT2D eigenvalue weighted by molar-refractivity contribution is 5.17. The van der Waals surface area contributed by atoms with Crippen LogP contribution in [0.5, 0.6) is 0 Å². The zero-order valence-electron chi connectivity index (χ0n) is 14.9. The van der Waals surface area contributed by atoms with Gasteiger partial charge in [-0.1, -0.05) is 39.0 Å². The van der Waals surface area contributed by atoms with Gasteiger partial charge in [-0.3, -0.25) is 0 Å². The first-order valence-corrected chi connectivity index (χ1v) is 9.99. The van der Waals surface area contributed by atoms with Crippen LogP contribution in [0.4, 0.5) is 8.78 Å². The van der Waals surface area contributed by atoms with Crippen LogP contribution in [0, 0.1) is 29.6 Å². The molecule has 3 rings (SSSR count). The van der Waals surface area contributed by atoms with E-state index in [0.29, 0.717) is 5.56 Å². The van der Waals surface area contributed by atoms with Crippen molar-refractivity contribution in [1.29, 1.82) is 0 Å². The van der Waals surface area contributed by atoms with Crippen molar-refractivity contribution in [2.45, 2.75) is 83.5 Å². The maximum atomic E-state index is 13.9. The summed E-state index contributed by atoms with van der Waals surface area (Å²) in [4.78, 5) is 3.36. The number of rotatable bonds is 5. The Bertz CT molecular complexity index is 515. The van der Waals surface area contributed by atoms with Crippen molar-refractivity contribution in [1.82, 2.24) is 4.98 Å². The van der Waals surface area contributed by atoms with Crippen LogP contribution in [0.3, 0.4) is 0 Å². The zero-order chi connectivity index (χ0) is 16.9. The lowest BCUT2D eigenvalue weighted by Gasteiger charge is -2.38. The molecule has 0 aliphatic heterocycles. The van der Waals surface area contributed by atoms with Crippen molar-refractivity contribution in [2.24, 2.45) is 17.8 Å².